The van der Waals surface area contributed by atoms with Gasteiger partial charge < -0.3 is 10.0 Å². The first-order chi connectivity index (χ1) is 5.04. The number of hydrogen-bond donors (Lipinski definition) is 2. The van der Waals surface area contributed by atoms with Gasteiger partial charge >= 0.3 is 7.12 Å². The average Bonchev–Trinajstić information content (AvgIpc) is 1.85. The molecule has 1 aliphatic rings. The van der Waals surface area contributed by atoms with Crippen molar-refractivity contribution in [1.29, 1.82) is 0 Å². The van der Waals surface area contributed by atoms with Gasteiger partial charge in [0.2, 0.25) is 0 Å². The number of halogens is 2. The molecule has 1 unspecified atom stereocenters. The van der Waals surface area contributed by atoms with Crippen molar-refractivity contribution in [2.75, 3.05) is 0 Å². The number of alkyl halides is 2. The van der Waals surface area contributed by atoms with Crippen LogP contribution in [0.15, 0.2) is 17.3 Å². The molecule has 0 fully saturated rings. The molecular weight excluding hydrogens is 155 g/mol. The van der Waals surface area contributed by atoms with Crippen LogP contribution in [-0.4, -0.2) is 29.3 Å². The van der Waals surface area contributed by atoms with Crippen molar-refractivity contribution in [2.45, 2.75) is 11.7 Å². The van der Waals surface area contributed by atoms with Crippen LogP contribution in [0.1, 0.15) is 0 Å². The van der Waals surface area contributed by atoms with Crippen LogP contribution in [0.2, 0.25) is 5.82 Å². The summed E-state index contributed by atoms with van der Waals surface area (Å²) in [6.07, 6.45) is 2.48. The molecule has 1 heterocycles. The van der Waals surface area contributed by atoms with Crippen molar-refractivity contribution < 1.29 is 18.8 Å². The molecule has 0 saturated heterocycles. The van der Waals surface area contributed by atoms with E-state index in [-0.39, 0.29) is 0 Å². The molecule has 2 N–H and O–H groups in total. The van der Waals surface area contributed by atoms with E-state index in [0.29, 0.717) is 6.21 Å². The third kappa shape index (κ3) is 1.64. The Bertz CT molecular complexity index is 205. The molecule has 1 rings (SSSR count). The molecule has 0 aromatic rings. The average molecular weight is 161 g/mol. The second kappa shape index (κ2) is 2.71. The van der Waals surface area contributed by atoms with Crippen LogP contribution in [0.3, 0.4) is 0 Å². The zero-order valence-electron chi connectivity index (χ0n) is 5.48. The number of allylic oxidation sites excluding steroid dienone is 1. The summed E-state index contributed by atoms with van der Waals surface area (Å²) < 4.78 is 25.2. The molecule has 0 aromatic heterocycles. The van der Waals surface area contributed by atoms with Gasteiger partial charge in [0, 0.05) is 6.20 Å². The Morgan fingerprint density at radius 2 is 2.09 bits per heavy atom. The summed E-state index contributed by atoms with van der Waals surface area (Å²) in [5, 5.41) is 17.0. The van der Waals surface area contributed by atoms with Crippen LogP contribution in [0.5, 0.6) is 0 Å². The smallest absolute Gasteiger partial charge is 0.427 e. The molecule has 0 aliphatic carbocycles. The van der Waals surface area contributed by atoms with E-state index in [4.69, 9.17) is 10.0 Å². The van der Waals surface area contributed by atoms with E-state index in [2.05, 4.69) is 4.99 Å². The predicted molar refractivity (Wildman–Crippen MR) is 36.5 cm³/mol. The zero-order valence-corrected chi connectivity index (χ0v) is 5.48. The first-order valence-corrected chi connectivity index (χ1v) is 2.99. The van der Waals surface area contributed by atoms with Crippen molar-refractivity contribution in [1.82, 2.24) is 0 Å². The van der Waals surface area contributed by atoms with Gasteiger partial charge in [-0.1, -0.05) is 6.08 Å². The Morgan fingerprint density at radius 3 is 2.45 bits per heavy atom. The van der Waals surface area contributed by atoms with Crippen molar-refractivity contribution >= 4 is 13.3 Å². The van der Waals surface area contributed by atoms with Gasteiger partial charge in [-0.15, -0.1) is 0 Å². The van der Waals surface area contributed by atoms with E-state index in [1.807, 2.05) is 0 Å². The van der Waals surface area contributed by atoms with E-state index in [0.717, 1.165) is 12.3 Å². The molecule has 1 aliphatic heterocycles. The fourth-order valence-electron chi connectivity index (χ4n) is 0.797. The van der Waals surface area contributed by atoms with E-state index in [1.165, 1.54) is 0 Å². The van der Waals surface area contributed by atoms with E-state index >= 15 is 0 Å². The lowest BCUT2D eigenvalue weighted by molar-refractivity contribution is 0.0757. The highest BCUT2D eigenvalue weighted by atomic mass is 19.3. The number of hydrogen-bond acceptors (Lipinski definition) is 3. The molecule has 0 spiro atoms. The van der Waals surface area contributed by atoms with Crippen LogP contribution in [0.25, 0.3) is 0 Å². The molecule has 1 atom stereocenters. The first kappa shape index (κ1) is 8.35. The first-order valence-electron chi connectivity index (χ1n) is 2.99. The Morgan fingerprint density at radius 1 is 1.45 bits per heavy atom. The van der Waals surface area contributed by atoms with Crippen molar-refractivity contribution in [3.05, 3.63) is 12.3 Å². The molecule has 0 aromatic carbocycles. The lowest BCUT2D eigenvalue weighted by Crippen LogP contribution is -2.36. The van der Waals surface area contributed by atoms with E-state index < -0.39 is 18.9 Å². The number of aliphatic imine (C=N–C) groups is 1. The quantitative estimate of drug-likeness (QED) is 0.534. The predicted octanol–water partition coefficient (Wildman–Crippen LogP) is 0.0628. The SMILES string of the molecule is OB(O)C1C=CN=CC1(F)F. The highest BCUT2D eigenvalue weighted by Crippen LogP contribution is 2.32. The molecule has 0 saturated carbocycles. The Hall–Kier alpha value is -0.745. The third-order valence-electron chi connectivity index (χ3n) is 1.39. The van der Waals surface area contributed by atoms with Crippen molar-refractivity contribution in [3.8, 4) is 0 Å². The van der Waals surface area contributed by atoms with Gasteiger partial charge in [0.15, 0.2) is 0 Å². The van der Waals surface area contributed by atoms with Gasteiger partial charge in [-0.05, 0) is 0 Å². The van der Waals surface area contributed by atoms with Crippen LogP contribution in [0.4, 0.5) is 8.78 Å². The topological polar surface area (TPSA) is 52.8 Å². The highest BCUT2D eigenvalue weighted by molar-refractivity contribution is 6.45. The molecule has 60 valence electrons. The zero-order chi connectivity index (χ0) is 8.48. The standard InChI is InChI=1S/C5H6BF2NO2/c7-5(8)3-9-2-1-4(5)6(10)11/h1-4,10-11H. The van der Waals surface area contributed by atoms with Crippen LogP contribution in [0, 0.1) is 0 Å². The monoisotopic (exact) mass is 161 g/mol. The molecule has 3 nitrogen and oxygen atoms in total. The van der Waals surface area contributed by atoms with Crippen molar-refractivity contribution in [2.24, 2.45) is 4.99 Å². The lowest BCUT2D eigenvalue weighted by atomic mass is 9.68. The Labute approximate surface area is 62.2 Å². The maximum Gasteiger partial charge on any atom is 0.465 e. The fraction of sp³-hybridized carbons (Fsp3) is 0.400. The van der Waals surface area contributed by atoms with Crippen LogP contribution < -0.4 is 0 Å². The molecule has 6 heteroatoms. The maximum atomic E-state index is 12.6. The van der Waals surface area contributed by atoms with Gasteiger partial charge in [-0.3, -0.25) is 4.99 Å². The minimum Gasteiger partial charge on any atom is -0.427 e. The van der Waals surface area contributed by atoms with Crippen LogP contribution >= 0.6 is 0 Å². The molecular formula is C5H6BF2NO2. The molecule has 0 radical (unpaired) electrons. The summed E-state index contributed by atoms with van der Waals surface area (Å²) >= 11 is 0. The summed E-state index contributed by atoms with van der Waals surface area (Å²) in [6, 6.07) is 0. The number of rotatable bonds is 1. The second-order valence-electron chi connectivity index (χ2n) is 2.23. The highest BCUT2D eigenvalue weighted by Gasteiger charge is 2.44. The minimum atomic E-state index is -3.26. The summed E-state index contributed by atoms with van der Waals surface area (Å²) in [6.45, 7) is 0. The van der Waals surface area contributed by atoms with Crippen molar-refractivity contribution in [3.63, 3.8) is 0 Å². The van der Waals surface area contributed by atoms with Gasteiger partial charge in [0.25, 0.3) is 5.92 Å². The van der Waals surface area contributed by atoms with Gasteiger partial charge in [0.05, 0.1) is 12.0 Å². The number of nitrogens with zero attached hydrogens (tertiary/aromatic N) is 1. The summed E-state index contributed by atoms with van der Waals surface area (Å²) in [5.41, 5.74) is 0. The maximum absolute atomic E-state index is 12.6. The molecule has 0 amide bonds. The third-order valence-corrected chi connectivity index (χ3v) is 1.39. The van der Waals surface area contributed by atoms with Gasteiger partial charge in [0.1, 0.15) is 0 Å². The summed E-state index contributed by atoms with van der Waals surface area (Å²) in [4.78, 5) is 3.18. The Balaban J connectivity index is 2.80. The Kier molecular flexibility index (Phi) is 2.06. The van der Waals surface area contributed by atoms with Crippen LogP contribution in [-0.2, 0) is 0 Å². The largest absolute Gasteiger partial charge is 0.465 e. The van der Waals surface area contributed by atoms with E-state index in [9.17, 15) is 8.78 Å². The molecule has 0 bridgehead atoms. The summed E-state index contributed by atoms with van der Waals surface area (Å²) in [5.74, 6) is -4.84. The molecule has 11 heavy (non-hydrogen) atoms. The minimum absolute atomic E-state index is 0.400. The fourth-order valence-corrected chi connectivity index (χ4v) is 0.797. The second-order valence-corrected chi connectivity index (χ2v) is 2.23. The normalized spacial score (nSPS) is 27.1. The van der Waals surface area contributed by atoms with Gasteiger partial charge in [-0.2, -0.15) is 0 Å². The lowest BCUT2D eigenvalue weighted by Gasteiger charge is -2.21. The van der Waals surface area contributed by atoms with E-state index in [1.54, 1.807) is 0 Å². The van der Waals surface area contributed by atoms with Gasteiger partial charge in [-0.25, -0.2) is 8.78 Å². The summed E-state index contributed by atoms with van der Waals surface area (Å²) in [7, 11) is -2.05.